The second-order valence-electron chi connectivity index (χ2n) is 6.64. The van der Waals surface area contributed by atoms with Crippen molar-refractivity contribution < 1.29 is 27.9 Å². The Morgan fingerprint density at radius 3 is 2.71 bits per heavy atom. The SMILES string of the molecule is O=C(O)[C@H](CC(F)(F)F)NC(=O)[C@@H]1C[C@@]12CCCc1ccccc12. The Hall–Kier alpha value is -2.05. The van der Waals surface area contributed by atoms with Gasteiger partial charge in [-0.05, 0) is 36.8 Å². The topological polar surface area (TPSA) is 66.4 Å². The van der Waals surface area contributed by atoms with Crippen LogP contribution in [0.15, 0.2) is 24.3 Å². The van der Waals surface area contributed by atoms with Gasteiger partial charge in [0.05, 0.1) is 6.42 Å². The summed E-state index contributed by atoms with van der Waals surface area (Å²) in [5, 5.41) is 11.0. The Balaban J connectivity index is 1.73. The number of alkyl halides is 3. The van der Waals surface area contributed by atoms with Crippen LogP contribution in [0.5, 0.6) is 0 Å². The van der Waals surface area contributed by atoms with E-state index in [4.69, 9.17) is 5.11 Å². The molecular formula is C17H18F3NO3. The summed E-state index contributed by atoms with van der Waals surface area (Å²) < 4.78 is 37.4. The summed E-state index contributed by atoms with van der Waals surface area (Å²) in [5.41, 5.74) is 1.92. The minimum Gasteiger partial charge on any atom is -0.480 e. The Morgan fingerprint density at radius 1 is 1.33 bits per heavy atom. The first-order valence-corrected chi connectivity index (χ1v) is 7.91. The fourth-order valence-electron chi connectivity index (χ4n) is 3.88. The van der Waals surface area contributed by atoms with Gasteiger partial charge in [0, 0.05) is 11.3 Å². The summed E-state index contributed by atoms with van der Waals surface area (Å²) in [6, 6.07) is 5.86. The molecule has 0 saturated heterocycles. The molecule has 0 unspecified atom stereocenters. The lowest BCUT2D eigenvalue weighted by Gasteiger charge is -2.26. The molecule has 0 radical (unpaired) electrons. The highest BCUT2D eigenvalue weighted by Crippen LogP contribution is 2.60. The molecule has 130 valence electrons. The van der Waals surface area contributed by atoms with Gasteiger partial charge in [0.15, 0.2) is 0 Å². The molecule has 1 aromatic rings. The van der Waals surface area contributed by atoms with Gasteiger partial charge in [-0.25, -0.2) is 4.79 Å². The van der Waals surface area contributed by atoms with Crippen LogP contribution < -0.4 is 5.32 Å². The monoisotopic (exact) mass is 341 g/mol. The van der Waals surface area contributed by atoms with E-state index in [1.807, 2.05) is 24.3 Å². The first kappa shape index (κ1) is 16.8. The van der Waals surface area contributed by atoms with Crippen LogP contribution in [-0.2, 0) is 21.4 Å². The second kappa shape index (κ2) is 5.79. The Labute approximate surface area is 137 Å². The van der Waals surface area contributed by atoms with Crippen LogP contribution in [0.1, 0.15) is 36.8 Å². The third-order valence-corrected chi connectivity index (χ3v) is 5.06. The van der Waals surface area contributed by atoms with Crippen molar-refractivity contribution in [2.45, 2.75) is 49.7 Å². The van der Waals surface area contributed by atoms with Crippen molar-refractivity contribution in [3.05, 3.63) is 35.4 Å². The van der Waals surface area contributed by atoms with Gasteiger partial charge in [-0.1, -0.05) is 24.3 Å². The van der Waals surface area contributed by atoms with Crippen LogP contribution in [0.3, 0.4) is 0 Å². The third-order valence-electron chi connectivity index (χ3n) is 5.06. The molecule has 1 aromatic carbocycles. The number of aryl methyl sites for hydroxylation is 1. The Kier molecular flexibility index (Phi) is 4.05. The molecule has 24 heavy (non-hydrogen) atoms. The van der Waals surface area contributed by atoms with E-state index in [2.05, 4.69) is 5.32 Å². The lowest BCUT2D eigenvalue weighted by Crippen LogP contribution is -2.45. The molecule has 3 rings (SSSR count). The summed E-state index contributed by atoms with van der Waals surface area (Å²) in [5.74, 6) is -2.71. The van der Waals surface area contributed by atoms with Crippen LogP contribution >= 0.6 is 0 Å². The molecular weight excluding hydrogens is 323 g/mol. The fourth-order valence-corrected chi connectivity index (χ4v) is 3.88. The molecule has 3 atom stereocenters. The van der Waals surface area contributed by atoms with Crippen LogP contribution in [0.4, 0.5) is 13.2 Å². The van der Waals surface area contributed by atoms with Crippen molar-refractivity contribution in [2.75, 3.05) is 0 Å². The fraction of sp³-hybridized carbons (Fsp3) is 0.529. The molecule has 2 aliphatic carbocycles. The van der Waals surface area contributed by atoms with Gasteiger partial charge < -0.3 is 10.4 Å². The molecule has 2 aliphatic rings. The van der Waals surface area contributed by atoms with Crippen LogP contribution in [0, 0.1) is 5.92 Å². The summed E-state index contributed by atoms with van der Waals surface area (Å²) in [6.45, 7) is 0. The maximum atomic E-state index is 12.5. The Morgan fingerprint density at radius 2 is 2.04 bits per heavy atom. The number of carbonyl (C=O) groups excluding carboxylic acids is 1. The van der Waals surface area contributed by atoms with Gasteiger partial charge >= 0.3 is 12.1 Å². The van der Waals surface area contributed by atoms with Gasteiger partial charge in [0.25, 0.3) is 0 Å². The first-order valence-electron chi connectivity index (χ1n) is 7.91. The summed E-state index contributed by atoms with van der Waals surface area (Å²) in [7, 11) is 0. The van der Waals surface area contributed by atoms with Gasteiger partial charge in [-0.15, -0.1) is 0 Å². The molecule has 0 aromatic heterocycles. The van der Waals surface area contributed by atoms with E-state index in [1.165, 1.54) is 5.56 Å². The average Bonchev–Trinajstić information content (AvgIpc) is 3.21. The number of benzene rings is 1. The highest BCUT2D eigenvalue weighted by molar-refractivity contribution is 5.88. The second-order valence-corrected chi connectivity index (χ2v) is 6.64. The normalized spacial score (nSPS) is 26.5. The zero-order valence-electron chi connectivity index (χ0n) is 12.9. The molecule has 1 amide bonds. The van der Waals surface area contributed by atoms with E-state index >= 15 is 0 Å². The molecule has 2 N–H and O–H groups in total. The van der Waals surface area contributed by atoms with E-state index < -0.39 is 36.4 Å². The number of rotatable bonds is 4. The number of fused-ring (bicyclic) bond motifs is 2. The third kappa shape index (κ3) is 3.12. The average molecular weight is 341 g/mol. The number of aliphatic carboxylic acids is 1. The molecule has 1 saturated carbocycles. The zero-order valence-corrected chi connectivity index (χ0v) is 12.9. The van der Waals surface area contributed by atoms with E-state index in [0.717, 1.165) is 24.8 Å². The number of carboxylic acids is 1. The van der Waals surface area contributed by atoms with Crippen molar-refractivity contribution in [1.29, 1.82) is 0 Å². The molecule has 4 nitrogen and oxygen atoms in total. The van der Waals surface area contributed by atoms with Crippen molar-refractivity contribution in [1.82, 2.24) is 5.32 Å². The number of carbonyl (C=O) groups is 2. The van der Waals surface area contributed by atoms with Crippen LogP contribution in [-0.4, -0.2) is 29.2 Å². The molecule has 1 spiro atoms. The molecule has 1 fully saturated rings. The van der Waals surface area contributed by atoms with Gasteiger partial charge in [0.2, 0.25) is 5.91 Å². The van der Waals surface area contributed by atoms with Gasteiger partial charge in [-0.2, -0.15) is 13.2 Å². The van der Waals surface area contributed by atoms with Crippen LogP contribution in [0.2, 0.25) is 0 Å². The quantitative estimate of drug-likeness (QED) is 0.885. The lowest BCUT2D eigenvalue weighted by molar-refractivity contribution is -0.160. The molecule has 0 aliphatic heterocycles. The van der Waals surface area contributed by atoms with Crippen molar-refractivity contribution in [3.8, 4) is 0 Å². The molecule has 7 heteroatoms. The number of hydrogen-bond donors (Lipinski definition) is 2. The van der Waals surface area contributed by atoms with Gasteiger partial charge in [0.1, 0.15) is 6.04 Å². The standard InChI is InChI=1S/C17H18F3NO3/c18-17(19,20)9-13(15(23)24)21-14(22)12-8-16(12)7-3-5-10-4-1-2-6-11(10)16/h1-2,4,6,12-13H,3,5,7-9H2,(H,21,22)(H,23,24)/t12-,13-,16+/m0/s1. The van der Waals surface area contributed by atoms with Gasteiger partial charge in [-0.3, -0.25) is 4.79 Å². The van der Waals surface area contributed by atoms with E-state index in [0.29, 0.717) is 6.42 Å². The van der Waals surface area contributed by atoms with E-state index in [1.54, 1.807) is 0 Å². The number of halogens is 3. The van der Waals surface area contributed by atoms with E-state index in [-0.39, 0.29) is 5.41 Å². The number of hydrogen-bond acceptors (Lipinski definition) is 2. The molecule has 0 bridgehead atoms. The lowest BCUT2D eigenvalue weighted by atomic mass is 9.78. The number of amides is 1. The predicted molar refractivity (Wildman–Crippen MR) is 79.4 cm³/mol. The smallest absolute Gasteiger partial charge is 0.391 e. The number of nitrogens with one attached hydrogen (secondary N) is 1. The minimum absolute atomic E-state index is 0.333. The summed E-state index contributed by atoms with van der Waals surface area (Å²) in [6.07, 6.45) is -2.99. The maximum absolute atomic E-state index is 12.5. The minimum atomic E-state index is -4.64. The van der Waals surface area contributed by atoms with Crippen molar-refractivity contribution in [2.24, 2.45) is 5.92 Å². The zero-order chi connectivity index (χ0) is 17.5. The van der Waals surface area contributed by atoms with Crippen molar-refractivity contribution >= 4 is 11.9 Å². The van der Waals surface area contributed by atoms with Crippen LogP contribution in [0.25, 0.3) is 0 Å². The predicted octanol–water partition coefficient (Wildman–Crippen LogP) is 2.80. The summed E-state index contributed by atoms with van der Waals surface area (Å²) >= 11 is 0. The number of carboxylic acid groups (broad SMARTS) is 1. The first-order chi connectivity index (χ1) is 11.2. The highest BCUT2D eigenvalue weighted by Gasteiger charge is 2.60. The Bertz CT molecular complexity index is 673. The van der Waals surface area contributed by atoms with E-state index in [9.17, 15) is 22.8 Å². The largest absolute Gasteiger partial charge is 0.480 e. The molecule has 0 heterocycles. The van der Waals surface area contributed by atoms with Crippen molar-refractivity contribution in [3.63, 3.8) is 0 Å². The maximum Gasteiger partial charge on any atom is 0.391 e. The highest BCUT2D eigenvalue weighted by atomic mass is 19.4. The summed E-state index contributed by atoms with van der Waals surface area (Å²) in [4.78, 5) is 23.4.